The molecule has 5 nitrogen and oxygen atoms in total. The van der Waals surface area contributed by atoms with Crippen molar-refractivity contribution < 1.29 is 4.92 Å². The third kappa shape index (κ3) is 2.09. The lowest BCUT2D eigenvalue weighted by Crippen LogP contribution is -1.95. The first kappa shape index (κ1) is 12.2. The standard InChI is InChI=1S/C15H11N3O2/c1-10-15(11-5-3-2-4-6-11)17-13-8-7-12(18(19)20)9-14(13)16-10/h2-9H,1H3. The summed E-state index contributed by atoms with van der Waals surface area (Å²) >= 11 is 0. The summed E-state index contributed by atoms with van der Waals surface area (Å²) < 4.78 is 0. The second kappa shape index (κ2) is 4.70. The second-order valence-electron chi connectivity index (χ2n) is 4.45. The first-order valence-corrected chi connectivity index (χ1v) is 6.13. The Kier molecular flexibility index (Phi) is 2.87. The third-order valence-electron chi connectivity index (χ3n) is 3.08. The predicted octanol–water partition coefficient (Wildman–Crippen LogP) is 3.51. The lowest BCUT2D eigenvalue weighted by molar-refractivity contribution is -0.384. The van der Waals surface area contributed by atoms with Crippen LogP contribution >= 0.6 is 0 Å². The number of fused-ring (bicyclic) bond motifs is 1. The van der Waals surface area contributed by atoms with Gasteiger partial charge in [0.2, 0.25) is 0 Å². The minimum Gasteiger partial charge on any atom is -0.258 e. The van der Waals surface area contributed by atoms with E-state index in [9.17, 15) is 10.1 Å². The molecule has 98 valence electrons. The molecule has 0 atom stereocenters. The van der Waals surface area contributed by atoms with E-state index in [0.717, 1.165) is 17.0 Å². The molecule has 0 spiro atoms. The van der Waals surface area contributed by atoms with E-state index >= 15 is 0 Å². The SMILES string of the molecule is Cc1nc2cc([N+](=O)[O-])ccc2nc1-c1ccccc1. The third-order valence-corrected chi connectivity index (χ3v) is 3.08. The number of hydrogen-bond acceptors (Lipinski definition) is 4. The molecule has 0 unspecified atom stereocenters. The van der Waals surface area contributed by atoms with Gasteiger partial charge in [0.05, 0.1) is 27.3 Å². The molecule has 1 heterocycles. The van der Waals surface area contributed by atoms with Gasteiger partial charge in [-0.25, -0.2) is 9.97 Å². The van der Waals surface area contributed by atoms with Crippen LogP contribution in [0.1, 0.15) is 5.69 Å². The zero-order chi connectivity index (χ0) is 14.1. The summed E-state index contributed by atoms with van der Waals surface area (Å²) in [5.74, 6) is 0. The van der Waals surface area contributed by atoms with Crippen LogP contribution in [0.5, 0.6) is 0 Å². The second-order valence-corrected chi connectivity index (χ2v) is 4.45. The molecule has 0 radical (unpaired) electrons. The quantitative estimate of drug-likeness (QED) is 0.525. The highest BCUT2D eigenvalue weighted by molar-refractivity contribution is 5.80. The Morgan fingerprint density at radius 2 is 1.75 bits per heavy atom. The van der Waals surface area contributed by atoms with Crippen molar-refractivity contribution >= 4 is 16.7 Å². The Hall–Kier alpha value is -2.82. The Labute approximate surface area is 115 Å². The highest BCUT2D eigenvalue weighted by Gasteiger charge is 2.11. The van der Waals surface area contributed by atoms with Gasteiger partial charge in [-0.1, -0.05) is 30.3 Å². The van der Waals surface area contributed by atoms with E-state index in [1.165, 1.54) is 12.1 Å². The number of nitrogens with zero attached hydrogens (tertiary/aromatic N) is 3. The summed E-state index contributed by atoms with van der Waals surface area (Å²) in [5.41, 5.74) is 3.75. The summed E-state index contributed by atoms with van der Waals surface area (Å²) in [6, 6.07) is 14.3. The van der Waals surface area contributed by atoms with Crippen LogP contribution in [0.3, 0.4) is 0 Å². The molecule has 0 fully saturated rings. The van der Waals surface area contributed by atoms with Gasteiger partial charge in [-0.2, -0.15) is 0 Å². The molecular weight excluding hydrogens is 254 g/mol. The zero-order valence-electron chi connectivity index (χ0n) is 10.8. The molecule has 0 N–H and O–H groups in total. The van der Waals surface area contributed by atoms with Crippen molar-refractivity contribution in [3.05, 3.63) is 64.3 Å². The molecule has 5 heteroatoms. The van der Waals surface area contributed by atoms with Gasteiger partial charge >= 0.3 is 0 Å². The van der Waals surface area contributed by atoms with Gasteiger partial charge in [0, 0.05) is 17.7 Å². The smallest absolute Gasteiger partial charge is 0.258 e. The van der Waals surface area contributed by atoms with Crippen LogP contribution in [0, 0.1) is 17.0 Å². The number of rotatable bonds is 2. The average molecular weight is 265 g/mol. The topological polar surface area (TPSA) is 68.9 Å². The first-order chi connectivity index (χ1) is 9.65. The Morgan fingerprint density at radius 3 is 2.45 bits per heavy atom. The van der Waals surface area contributed by atoms with Crippen LogP contribution in [-0.2, 0) is 0 Å². The zero-order valence-corrected chi connectivity index (χ0v) is 10.8. The van der Waals surface area contributed by atoms with Gasteiger partial charge in [-0.15, -0.1) is 0 Å². The van der Waals surface area contributed by atoms with E-state index in [1.54, 1.807) is 6.07 Å². The number of nitro groups is 1. The molecule has 0 aliphatic carbocycles. The van der Waals surface area contributed by atoms with E-state index in [2.05, 4.69) is 9.97 Å². The summed E-state index contributed by atoms with van der Waals surface area (Å²) in [4.78, 5) is 19.3. The van der Waals surface area contributed by atoms with Gasteiger partial charge in [0.25, 0.3) is 5.69 Å². The van der Waals surface area contributed by atoms with Crippen LogP contribution in [0.25, 0.3) is 22.3 Å². The van der Waals surface area contributed by atoms with Gasteiger partial charge in [0.1, 0.15) is 0 Å². The van der Waals surface area contributed by atoms with Gasteiger partial charge in [-0.3, -0.25) is 10.1 Å². The summed E-state index contributed by atoms with van der Waals surface area (Å²) in [6.07, 6.45) is 0. The molecule has 2 aromatic carbocycles. The van der Waals surface area contributed by atoms with Crippen LogP contribution in [0.4, 0.5) is 5.69 Å². The molecule has 0 saturated heterocycles. The van der Waals surface area contributed by atoms with Gasteiger partial charge in [-0.05, 0) is 13.0 Å². The van der Waals surface area contributed by atoms with E-state index in [0.29, 0.717) is 11.0 Å². The Bertz CT molecular complexity index is 801. The van der Waals surface area contributed by atoms with E-state index in [-0.39, 0.29) is 5.69 Å². The van der Waals surface area contributed by atoms with Crippen molar-refractivity contribution in [1.82, 2.24) is 9.97 Å². The normalized spacial score (nSPS) is 10.7. The molecule has 1 aromatic heterocycles. The minimum atomic E-state index is -0.429. The summed E-state index contributed by atoms with van der Waals surface area (Å²) in [5, 5.41) is 10.8. The number of aromatic nitrogens is 2. The highest BCUT2D eigenvalue weighted by atomic mass is 16.6. The van der Waals surface area contributed by atoms with Crippen molar-refractivity contribution in [2.45, 2.75) is 6.92 Å². The highest BCUT2D eigenvalue weighted by Crippen LogP contribution is 2.24. The van der Waals surface area contributed by atoms with E-state index < -0.39 is 4.92 Å². The fourth-order valence-corrected chi connectivity index (χ4v) is 2.11. The molecule has 0 bridgehead atoms. The number of aryl methyl sites for hydroxylation is 1. The summed E-state index contributed by atoms with van der Waals surface area (Å²) in [7, 11) is 0. The molecule has 3 rings (SSSR count). The van der Waals surface area contributed by atoms with E-state index in [1.807, 2.05) is 37.3 Å². The molecular formula is C15H11N3O2. The average Bonchev–Trinajstić information content (AvgIpc) is 2.46. The lowest BCUT2D eigenvalue weighted by atomic mass is 10.1. The van der Waals surface area contributed by atoms with Crippen LogP contribution < -0.4 is 0 Å². The van der Waals surface area contributed by atoms with Crippen LogP contribution in [0.2, 0.25) is 0 Å². The maximum absolute atomic E-state index is 10.8. The number of benzene rings is 2. The molecule has 3 aromatic rings. The maximum Gasteiger partial charge on any atom is 0.271 e. The largest absolute Gasteiger partial charge is 0.271 e. The Morgan fingerprint density at radius 1 is 1.00 bits per heavy atom. The molecule has 0 saturated carbocycles. The monoisotopic (exact) mass is 265 g/mol. The van der Waals surface area contributed by atoms with Gasteiger partial charge in [0.15, 0.2) is 0 Å². The van der Waals surface area contributed by atoms with Crippen LogP contribution in [0.15, 0.2) is 48.5 Å². The van der Waals surface area contributed by atoms with Crippen molar-refractivity contribution in [3.63, 3.8) is 0 Å². The Balaban J connectivity index is 2.20. The van der Waals surface area contributed by atoms with E-state index in [4.69, 9.17) is 0 Å². The molecule has 20 heavy (non-hydrogen) atoms. The molecule has 0 aliphatic heterocycles. The fourth-order valence-electron chi connectivity index (χ4n) is 2.11. The minimum absolute atomic E-state index is 0.0265. The number of nitro benzene ring substituents is 1. The van der Waals surface area contributed by atoms with Crippen molar-refractivity contribution in [2.75, 3.05) is 0 Å². The predicted molar refractivity (Wildman–Crippen MR) is 76.4 cm³/mol. The maximum atomic E-state index is 10.8. The molecule has 0 amide bonds. The summed E-state index contributed by atoms with van der Waals surface area (Å²) in [6.45, 7) is 1.85. The van der Waals surface area contributed by atoms with Crippen molar-refractivity contribution in [1.29, 1.82) is 0 Å². The van der Waals surface area contributed by atoms with Crippen LogP contribution in [-0.4, -0.2) is 14.9 Å². The van der Waals surface area contributed by atoms with Crippen molar-refractivity contribution in [2.24, 2.45) is 0 Å². The van der Waals surface area contributed by atoms with Gasteiger partial charge < -0.3 is 0 Å². The first-order valence-electron chi connectivity index (χ1n) is 6.13. The molecule has 0 aliphatic rings. The number of hydrogen-bond donors (Lipinski definition) is 0. The fraction of sp³-hybridized carbons (Fsp3) is 0.0667. The number of non-ortho nitro benzene ring substituents is 1. The van der Waals surface area contributed by atoms with Crippen molar-refractivity contribution in [3.8, 4) is 11.3 Å². The lowest BCUT2D eigenvalue weighted by Gasteiger charge is -2.06.